The first-order valence-electron chi connectivity index (χ1n) is 10.8. The van der Waals surface area contributed by atoms with Gasteiger partial charge in [-0.15, -0.1) is 0 Å². The van der Waals surface area contributed by atoms with Gasteiger partial charge in [-0.3, -0.25) is 4.90 Å². The third-order valence-corrected chi connectivity index (χ3v) is 7.44. The standard InChI is InChI=1S/C23H45N/c1-17(2)24-16-20(22(4,5)6)12-13-21(24)15-23(7,8)19-11-9-10-18(3)14-19/h17-21H,9-16H2,1-8H3. The Balaban J connectivity index is 2.04. The van der Waals surface area contributed by atoms with Crippen molar-refractivity contribution < 1.29 is 0 Å². The number of nitrogens with zero attached hydrogens (tertiary/aromatic N) is 1. The van der Waals surface area contributed by atoms with E-state index in [1.54, 1.807) is 0 Å². The zero-order valence-corrected chi connectivity index (χ0v) is 18.0. The van der Waals surface area contributed by atoms with E-state index in [0.717, 1.165) is 23.8 Å². The molecule has 0 amide bonds. The Kier molecular flexibility index (Phi) is 6.49. The molecule has 2 fully saturated rings. The fourth-order valence-electron chi connectivity index (χ4n) is 5.53. The molecule has 0 aromatic rings. The van der Waals surface area contributed by atoms with Crippen LogP contribution in [0.5, 0.6) is 0 Å². The van der Waals surface area contributed by atoms with E-state index in [0.29, 0.717) is 16.9 Å². The number of hydrogen-bond donors (Lipinski definition) is 0. The van der Waals surface area contributed by atoms with Gasteiger partial charge in [0.2, 0.25) is 0 Å². The minimum atomic E-state index is 0.451. The maximum atomic E-state index is 2.85. The van der Waals surface area contributed by atoms with Crippen LogP contribution < -0.4 is 0 Å². The van der Waals surface area contributed by atoms with E-state index in [4.69, 9.17) is 0 Å². The number of hydrogen-bond acceptors (Lipinski definition) is 1. The van der Waals surface area contributed by atoms with Crippen molar-refractivity contribution >= 4 is 0 Å². The van der Waals surface area contributed by atoms with Crippen LogP contribution in [0.3, 0.4) is 0 Å². The molecule has 1 heteroatoms. The van der Waals surface area contributed by atoms with Crippen LogP contribution >= 0.6 is 0 Å². The second-order valence-corrected chi connectivity index (χ2v) is 11.2. The number of likely N-dealkylation sites (tertiary alicyclic amines) is 1. The van der Waals surface area contributed by atoms with Gasteiger partial charge in [0.25, 0.3) is 0 Å². The maximum absolute atomic E-state index is 2.85. The van der Waals surface area contributed by atoms with Crippen LogP contribution in [0, 0.1) is 28.6 Å². The smallest absolute Gasteiger partial charge is 0.0103 e. The lowest BCUT2D eigenvalue weighted by molar-refractivity contribution is -0.000786. The molecule has 4 unspecified atom stereocenters. The van der Waals surface area contributed by atoms with Gasteiger partial charge in [-0.1, -0.05) is 54.4 Å². The Morgan fingerprint density at radius 3 is 2.12 bits per heavy atom. The number of rotatable bonds is 4. The lowest BCUT2D eigenvalue weighted by Gasteiger charge is -2.50. The molecule has 0 N–H and O–H groups in total. The Morgan fingerprint density at radius 1 is 0.917 bits per heavy atom. The van der Waals surface area contributed by atoms with Gasteiger partial charge in [-0.2, -0.15) is 0 Å². The normalized spacial score (nSPS) is 33.9. The monoisotopic (exact) mass is 335 g/mol. The summed E-state index contributed by atoms with van der Waals surface area (Å²) in [4.78, 5) is 2.85. The SMILES string of the molecule is CC1CCCC(C(C)(C)CC2CCC(C(C)(C)C)CN2C(C)C)C1. The zero-order chi connectivity index (χ0) is 18.1. The highest BCUT2D eigenvalue weighted by molar-refractivity contribution is 4.93. The quantitative estimate of drug-likeness (QED) is 0.548. The summed E-state index contributed by atoms with van der Waals surface area (Å²) in [6.07, 6.45) is 10.1. The maximum Gasteiger partial charge on any atom is 0.0103 e. The van der Waals surface area contributed by atoms with Crippen LogP contribution in [0.15, 0.2) is 0 Å². The summed E-state index contributed by atoms with van der Waals surface area (Å²) >= 11 is 0. The van der Waals surface area contributed by atoms with Crippen molar-refractivity contribution in [2.24, 2.45) is 28.6 Å². The molecule has 0 aromatic heterocycles. The molecule has 1 heterocycles. The van der Waals surface area contributed by atoms with E-state index >= 15 is 0 Å². The van der Waals surface area contributed by atoms with Gasteiger partial charge in [-0.25, -0.2) is 0 Å². The molecule has 1 aliphatic heterocycles. The van der Waals surface area contributed by atoms with Crippen molar-refractivity contribution in [1.82, 2.24) is 4.90 Å². The van der Waals surface area contributed by atoms with Gasteiger partial charge < -0.3 is 0 Å². The molecule has 142 valence electrons. The molecule has 1 aliphatic carbocycles. The van der Waals surface area contributed by atoms with E-state index in [1.807, 2.05) is 0 Å². The summed E-state index contributed by atoms with van der Waals surface area (Å²) in [6.45, 7) is 21.0. The van der Waals surface area contributed by atoms with Crippen LogP contribution in [-0.2, 0) is 0 Å². The lowest BCUT2D eigenvalue weighted by atomic mass is 9.64. The Bertz CT molecular complexity index is 389. The highest BCUT2D eigenvalue weighted by Gasteiger charge is 2.40. The van der Waals surface area contributed by atoms with Crippen molar-refractivity contribution in [3.8, 4) is 0 Å². The molecule has 2 rings (SSSR count). The van der Waals surface area contributed by atoms with E-state index in [-0.39, 0.29) is 0 Å². The largest absolute Gasteiger partial charge is 0.298 e. The Morgan fingerprint density at radius 2 is 1.58 bits per heavy atom. The van der Waals surface area contributed by atoms with Crippen molar-refractivity contribution in [3.05, 3.63) is 0 Å². The average Bonchev–Trinajstić information content (AvgIpc) is 2.45. The Labute approximate surface area is 153 Å². The number of piperidine rings is 1. The van der Waals surface area contributed by atoms with Crippen LogP contribution in [0.25, 0.3) is 0 Å². The molecule has 2 aliphatic rings. The predicted octanol–water partition coefficient (Wildman–Crippen LogP) is 6.76. The summed E-state index contributed by atoms with van der Waals surface area (Å²) in [5.74, 6) is 2.74. The second-order valence-electron chi connectivity index (χ2n) is 11.2. The van der Waals surface area contributed by atoms with E-state index < -0.39 is 0 Å². The van der Waals surface area contributed by atoms with Gasteiger partial charge in [0, 0.05) is 18.6 Å². The fourth-order valence-corrected chi connectivity index (χ4v) is 5.53. The lowest BCUT2D eigenvalue weighted by Crippen LogP contribution is -2.51. The van der Waals surface area contributed by atoms with Gasteiger partial charge in [-0.05, 0) is 74.5 Å². The van der Waals surface area contributed by atoms with E-state index in [2.05, 4.69) is 60.3 Å². The zero-order valence-electron chi connectivity index (χ0n) is 18.0. The van der Waals surface area contributed by atoms with Gasteiger partial charge in [0.05, 0.1) is 0 Å². The van der Waals surface area contributed by atoms with Crippen molar-refractivity contribution in [2.75, 3.05) is 6.54 Å². The predicted molar refractivity (Wildman–Crippen MR) is 107 cm³/mol. The average molecular weight is 336 g/mol. The third kappa shape index (κ3) is 4.99. The van der Waals surface area contributed by atoms with Crippen molar-refractivity contribution in [3.63, 3.8) is 0 Å². The van der Waals surface area contributed by atoms with Crippen LogP contribution in [0.2, 0.25) is 0 Å². The Hall–Kier alpha value is -0.0400. The molecular formula is C23H45N. The highest BCUT2D eigenvalue weighted by Crippen LogP contribution is 2.46. The van der Waals surface area contributed by atoms with Crippen LogP contribution in [-0.4, -0.2) is 23.5 Å². The third-order valence-electron chi connectivity index (χ3n) is 7.44. The summed E-state index contributed by atoms with van der Waals surface area (Å²) in [5, 5.41) is 0. The van der Waals surface area contributed by atoms with Gasteiger partial charge in [0.15, 0.2) is 0 Å². The first-order valence-corrected chi connectivity index (χ1v) is 10.8. The molecule has 0 bridgehead atoms. The van der Waals surface area contributed by atoms with Crippen LogP contribution in [0.1, 0.15) is 100 Å². The molecule has 0 radical (unpaired) electrons. The van der Waals surface area contributed by atoms with Crippen molar-refractivity contribution in [2.45, 2.75) is 112 Å². The second kappa shape index (κ2) is 7.68. The minimum absolute atomic E-state index is 0.451. The molecule has 0 aromatic carbocycles. The summed E-state index contributed by atoms with van der Waals surface area (Å²) < 4.78 is 0. The molecule has 1 saturated heterocycles. The first kappa shape index (κ1) is 20.3. The summed E-state index contributed by atoms with van der Waals surface area (Å²) in [5.41, 5.74) is 0.952. The van der Waals surface area contributed by atoms with Crippen molar-refractivity contribution in [1.29, 1.82) is 0 Å². The van der Waals surface area contributed by atoms with Gasteiger partial charge in [0.1, 0.15) is 0 Å². The molecule has 1 nitrogen and oxygen atoms in total. The molecular weight excluding hydrogens is 290 g/mol. The summed E-state index contributed by atoms with van der Waals surface area (Å²) in [6, 6.07) is 1.48. The summed E-state index contributed by atoms with van der Waals surface area (Å²) in [7, 11) is 0. The molecule has 24 heavy (non-hydrogen) atoms. The molecule has 0 spiro atoms. The minimum Gasteiger partial charge on any atom is -0.298 e. The first-order chi connectivity index (χ1) is 11.0. The topological polar surface area (TPSA) is 3.24 Å². The highest BCUT2D eigenvalue weighted by atomic mass is 15.2. The van der Waals surface area contributed by atoms with E-state index in [1.165, 1.54) is 51.5 Å². The molecule has 4 atom stereocenters. The van der Waals surface area contributed by atoms with E-state index in [9.17, 15) is 0 Å². The van der Waals surface area contributed by atoms with Crippen LogP contribution in [0.4, 0.5) is 0 Å². The molecule has 1 saturated carbocycles. The van der Waals surface area contributed by atoms with Gasteiger partial charge >= 0.3 is 0 Å². The fraction of sp³-hybridized carbons (Fsp3) is 1.00.